The molecular formula is C12H20N4O2. The maximum Gasteiger partial charge on any atom is 0.311 e. The van der Waals surface area contributed by atoms with Crippen molar-refractivity contribution in [3.63, 3.8) is 0 Å². The zero-order chi connectivity index (χ0) is 13.5. The van der Waals surface area contributed by atoms with Gasteiger partial charge in [0.15, 0.2) is 0 Å². The van der Waals surface area contributed by atoms with Crippen LogP contribution in [0.1, 0.15) is 39.5 Å². The summed E-state index contributed by atoms with van der Waals surface area (Å²) in [5.74, 6) is 0.535. The highest BCUT2D eigenvalue weighted by atomic mass is 16.6. The van der Waals surface area contributed by atoms with E-state index in [2.05, 4.69) is 17.2 Å². The third-order valence-electron chi connectivity index (χ3n) is 2.72. The molecule has 18 heavy (non-hydrogen) atoms. The Balaban J connectivity index is 2.70. The SMILES string of the molecule is CCCCCC(C)Nc1nc(N)ccc1[N+](=O)[O-]. The largest absolute Gasteiger partial charge is 0.384 e. The predicted octanol–water partition coefficient (Wildman–Crippen LogP) is 2.95. The van der Waals surface area contributed by atoms with Gasteiger partial charge in [-0.1, -0.05) is 26.2 Å². The number of pyridine rings is 1. The van der Waals surface area contributed by atoms with Gasteiger partial charge in [0.2, 0.25) is 5.82 Å². The number of hydrogen-bond donors (Lipinski definition) is 2. The average molecular weight is 252 g/mol. The second-order valence-corrected chi connectivity index (χ2v) is 4.40. The van der Waals surface area contributed by atoms with E-state index in [1.165, 1.54) is 18.6 Å². The Hall–Kier alpha value is -1.85. The normalized spacial score (nSPS) is 12.1. The second-order valence-electron chi connectivity index (χ2n) is 4.40. The van der Waals surface area contributed by atoms with Crippen LogP contribution in [0.25, 0.3) is 0 Å². The molecule has 1 aromatic heterocycles. The molecule has 1 aromatic rings. The van der Waals surface area contributed by atoms with Crippen molar-refractivity contribution in [2.24, 2.45) is 0 Å². The van der Waals surface area contributed by atoms with E-state index in [0.29, 0.717) is 0 Å². The number of nitro groups is 1. The van der Waals surface area contributed by atoms with E-state index in [0.717, 1.165) is 19.3 Å². The number of nitrogens with one attached hydrogen (secondary N) is 1. The minimum atomic E-state index is -0.451. The van der Waals surface area contributed by atoms with Crippen molar-refractivity contribution in [2.45, 2.75) is 45.6 Å². The van der Waals surface area contributed by atoms with Crippen molar-refractivity contribution in [2.75, 3.05) is 11.1 Å². The van der Waals surface area contributed by atoms with Crippen LogP contribution in [0.3, 0.4) is 0 Å². The fourth-order valence-electron chi connectivity index (χ4n) is 1.73. The zero-order valence-corrected chi connectivity index (χ0v) is 10.8. The van der Waals surface area contributed by atoms with Crippen LogP contribution in [0, 0.1) is 10.1 Å². The quantitative estimate of drug-likeness (QED) is 0.442. The number of nitrogen functional groups attached to an aromatic ring is 1. The molecule has 0 aliphatic rings. The first kappa shape index (κ1) is 14.2. The van der Waals surface area contributed by atoms with E-state index in [1.807, 2.05) is 6.92 Å². The molecular weight excluding hydrogens is 232 g/mol. The lowest BCUT2D eigenvalue weighted by Crippen LogP contribution is -2.17. The van der Waals surface area contributed by atoms with E-state index in [1.54, 1.807) is 0 Å². The number of rotatable bonds is 7. The van der Waals surface area contributed by atoms with Crippen LogP contribution in [0.5, 0.6) is 0 Å². The van der Waals surface area contributed by atoms with Crippen LogP contribution < -0.4 is 11.1 Å². The van der Waals surface area contributed by atoms with Crippen LogP contribution >= 0.6 is 0 Å². The summed E-state index contributed by atoms with van der Waals surface area (Å²) in [6.45, 7) is 4.13. The van der Waals surface area contributed by atoms with Crippen LogP contribution in [0.15, 0.2) is 12.1 Å². The van der Waals surface area contributed by atoms with Crippen molar-refractivity contribution < 1.29 is 4.92 Å². The number of hydrogen-bond acceptors (Lipinski definition) is 5. The first-order chi connectivity index (χ1) is 8.54. The molecule has 0 fully saturated rings. The molecule has 6 nitrogen and oxygen atoms in total. The van der Waals surface area contributed by atoms with Gasteiger partial charge in [0.1, 0.15) is 5.82 Å². The average Bonchev–Trinajstić information content (AvgIpc) is 2.29. The molecule has 0 saturated carbocycles. The Kier molecular flexibility index (Phi) is 5.35. The summed E-state index contributed by atoms with van der Waals surface area (Å²) < 4.78 is 0. The molecule has 1 heterocycles. The number of nitrogens with zero attached hydrogens (tertiary/aromatic N) is 2. The molecule has 1 unspecified atom stereocenters. The Bertz CT molecular complexity index is 409. The number of anilines is 2. The minimum absolute atomic E-state index is 0.0356. The highest BCUT2D eigenvalue weighted by Gasteiger charge is 2.16. The Morgan fingerprint density at radius 2 is 2.22 bits per heavy atom. The Labute approximate surface area is 107 Å². The molecule has 0 bridgehead atoms. The fraction of sp³-hybridized carbons (Fsp3) is 0.583. The molecule has 1 atom stereocenters. The van der Waals surface area contributed by atoms with Crippen LogP contribution in [-0.2, 0) is 0 Å². The molecule has 3 N–H and O–H groups in total. The molecule has 0 aliphatic heterocycles. The van der Waals surface area contributed by atoms with E-state index in [9.17, 15) is 10.1 Å². The number of aromatic nitrogens is 1. The third-order valence-corrected chi connectivity index (χ3v) is 2.72. The van der Waals surface area contributed by atoms with Crippen molar-refractivity contribution in [1.82, 2.24) is 4.98 Å². The first-order valence-corrected chi connectivity index (χ1v) is 6.22. The maximum atomic E-state index is 10.9. The van der Waals surface area contributed by atoms with E-state index in [4.69, 9.17) is 5.73 Å². The molecule has 6 heteroatoms. The van der Waals surface area contributed by atoms with Crippen molar-refractivity contribution in [3.8, 4) is 0 Å². The van der Waals surface area contributed by atoms with Gasteiger partial charge < -0.3 is 11.1 Å². The molecule has 0 aliphatic carbocycles. The lowest BCUT2D eigenvalue weighted by molar-refractivity contribution is -0.384. The second kappa shape index (κ2) is 6.78. The summed E-state index contributed by atoms with van der Waals surface area (Å²) >= 11 is 0. The van der Waals surface area contributed by atoms with Crippen LogP contribution in [0.2, 0.25) is 0 Å². The van der Waals surface area contributed by atoms with Crippen LogP contribution in [0.4, 0.5) is 17.3 Å². The third kappa shape index (κ3) is 4.20. The summed E-state index contributed by atoms with van der Waals surface area (Å²) in [6.07, 6.45) is 4.38. The Morgan fingerprint density at radius 1 is 1.50 bits per heavy atom. The van der Waals surface area contributed by atoms with Gasteiger partial charge >= 0.3 is 5.69 Å². The molecule has 0 aromatic carbocycles. The van der Waals surface area contributed by atoms with Gasteiger partial charge in [-0.25, -0.2) is 4.98 Å². The summed E-state index contributed by atoms with van der Waals surface area (Å²) in [7, 11) is 0. The van der Waals surface area contributed by atoms with Crippen molar-refractivity contribution in [3.05, 3.63) is 22.2 Å². The van der Waals surface area contributed by atoms with E-state index >= 15 is 0 Å². The monoisotopic (exact) mass is 252 g/mol. The molecule has 0 saturated heterocycles. The van der Waals surface area contributed by atoms with E-state index < -0.39 is 4.92 Å². The van der Waals surface area contributed by atoms with E-state index in [-0.39, 0.29) is 23.4 Å². The molecule has 1 rings (SSSR count). The topological polar surface area (TPSA) is 94.1 Å². The zero-order valence-electron chi connectivity index (χ0n) is 10.8. The lowest BCUT2D eigenvalue weighted by atomic mass is 10.1. The van der Waals surface area contributed by atoms with Crippen LogP contribution in [-0.4, -0.2) is 15.9 Å². The van der Waals surface area contributed by atoms with Gasteiger partial charge in [0, 0.05) is 12.1 Å². The minimum Gasteiger partial charge on any atom is -0.384 e. The summed E-state index contributed by atoms with van der Waals surface area (Å²) in [5, 5.41) is 13.9. The molecule has 100 valence electrons. The summed E-state index contributed by atoms with van der Waals surface area (Å²) in [5.41, 5.74) is 5.52. The van der Waals surface area contributed by atoms with Gasteiger partial charge in [-0.15, -0.1) is 0 Å². The Morgan fingerprint density at radius 3 is 2.83 bits per heavy atom. The van der Waals surface area contributed by atoms with Crippen molar-refractivity contribution >= 4 is 17.3 Å². The highest BCUT2D eigenvalue weighted by Crippen LogP contribution is 2.24. The summed E-state index contributed by atoms with van der Waals surface area (Å²) in [6, 6.07) is 2.96. The molecule has 0 amide bonds. The van der Waals surface area contributed by atoms with Gasteiger partial charge in [-0.3, -0.25) is 10.1 Å². The smallest absolute Gasteiger partial charge is 0.311 e. The van der Waals surface area contributed by atoms with Gasteiger partial charge in [-0.2, -0.15) is 0 Å². The van der Waals surface area contributed by atoms with Gasteiger partial charge in [0.25, 0.3) is 0 Å². The fourth-order valence-corrected chi connectivity index (χ4v) is 1.73. The lowest BCUT2D eigenvalue weighted by Gasteiger charge is -2.14. The standard InChI is InChI=1S/C12H20N4O2/c1-3-4-5-6-9(2)14-12-10(16(17)18)7-8-11(13)15-12/h7-9H,3-6H2,1-2H3,(H3,13,14,15). The summed E-state index contributed by atoms with van der Waals surface area (Å²) in [4.78, 5) is 14.4. The molecule has 0 radical (unpaired) electrons. The predicted molar refractivity (Wildman–Crippen MR) is 72.5 cm³/mol. The number of nitrogens with two attached hydrogens (primary N) is 1. The van der Waals surface area contributed by atoms with Gasteiger partial charge in [0.05, 0.1) is 4.92 Å². The first-order valence-electron chi connectivity index (χ1n) is 6.22. The molecule has 0 spiro atoms. The van der Waals surface area contributed by atoms with Crippen molar-refractivity contribution in [1.29, 1.82) is 0 Å². The van der Waals surface area contributed by atoms with Gasteiger partial charge in [-0.05, 0) is 19.4 Å². The number of unbranched alkanes of at least 4 members (excludes halogenated alkanes) is 2. The highest BCUT2D eigenvalue weighted by molar-refractivity contribution is 5.59. The maximum absolute atomic E-state index is 10.9.